The number of carbonyl (C=O) groups excluding carboxylic acids is 2. The molecule has 10 nitrogen and oxygen atoms in total. The SMILES string of the molecule is CCOC(=O)C1=C(C)NC(=S)N[C@@H]1c1ccccc1OCC(=O)NN=Cc1cc(I)cc(OC)c1OCc1ccc(Cl)c(Cl)c1. The Morgan fingerprint density at radius 1 is 1.09 bits per heavy atom. The highest BCUT2D eigenvalue weighted by atomic mass is 127. The molecule has 1 heterocycles. The number of amides is 1. The fourth-order valence-electron chi connectivity index (χ4n) is 4.38. The molecule has 0 aliphatic carbocycles. The van der Waals surface area contributed by atoms with E-state index < -0.39 is 17.9 Å². The number of hydrogen-bond acceptors (Lipinski definition) is 8. The first-order valence-electron chi connectivity index (χ1n) is 13.5. The predicted octanol–water partition coefficient (Wildman–Crippen LogP) is 6.07. The number of thiocarbonyl (C=S) groups is 1. The van der Waals surface area contributed by atoms with Crippen LogP contribution in [0.2, 0.25) is 10.0 Å². The van der Waals surface area contributed by atoms with E-state index in [1.807, 2.05) is 18.2 Å². The maximum atomic E-state index is 12.8. The average molecular weight is 783 g/mol. The smallest absolute Gasteiger partial charge is 0.338 e. The lowest BCUT2D eigenvalue weighted by atomic mass is 9.95. The molecule has 236 valence electrons. The minimum absolute atomic E-state index is 0.192. The molecule has 0 spiro atoms. The van der Waals surface area contributed by atoms with Crippen molar-refractivity contribution in [2.45, 2.75) is 26.5 Å². The highest BCUT2D eigenvalue weighted by Gasteiger charge is 2.32. The van der Waals surface area contributed by atoms with E-state index in [0.717, 1.165) is 9.13 Å². The molecule has 1 aliphatic rings. The van der Waals surface area contributed by atoms with Crippen molar-refractivity contribution in [2.75, 3.05) is 20.3 Å². The van der Waals surface area contributed by atoms with E-state index in [0.29, 0.717) is 54.8 Å². The molecule has 1 aliphatic heterocycles. The molecule has 3 aromatic carbocycles. The zero-order valence-corrected chi connectivity index (χ0v) is 28.9. The lowest BCUT2D eigenvalue weighted by Gasteiger charge is -2.30. The summed E-state index contributed by atoms with van der Waals surface area (Å²) in [5.41, 5.74) is 5.39. The first kappa shape index (κ1) is 34.3. The molecule has 1 amide bonds. The molecule has 0 fully saturated rings. The van der Waals surface area contributed by atoms with Gasteiger partial charge in [-0.25, -0.2) is 10.2 Å². The predicted molar refractivity (Wildman–Crippen MR) is 185 cm³/mol. The topological polar surface area (TPSA) is 120 Å². The second-order valence-electron chi connectivity index (χ2n) is 9.47. The van der Waals surface area contributed by atoms with Gasteiger partial charge in [0.2, 0.25) is 0 Å². The van der Waals surface area contributed by atoms with Crippen LogP contribution >= 0.6 is 58.0 Å². The molecule has 0 saturated carbocycles. The van der Waals surface area contributed by atoms with Gasteiger partial charge in [0.15, 0.2) is 23.2 Å². The van der Waals surface area contributed by atoms with E-state index >= 15 is 0 Å². The van der Waals surface area contributed by atoms with Gasteiger partial charge in [-0.15, -0.1) is 0 Å². The van der Waals surface area contributed by atoms with E-state index in [4.69, 9.17) is 54.4 Å². The standard InChI is InChI=1S/C31H29Cl2IN4O6S/c1-4-42-30(40)27-17(2)36-31(45)37-28(27)21-7-5-6-8-24(21)43-16-26(39)38-35-14-19-12-20(34)13-25(41-3)29(19)44-15-18-9-10-22(32)23(33)11-18/h5-14,28H,4,15-16H2,1-3H3,(H,38,39)(H2,36,37,45)/t28-/m1/s1. The third-order valence-electron chi connectivity index (χ3n) is 6.38. The van der Waals surface area contributed by atoms with Crippen LogP contribution < -0.4 is 30.3 Å². The lowest BCUT2D eigenvalue weighted by molar-refractivity contribution is -0.139. The minimum Gasteiger partial charge on any atom is -0.493 e. The zero-order chi connectivity index (χ0) is 32.5. The number of hydrazone groups is 1. The number of allylic oxidation sites excluding steroid dienone is 1. The summed E-state index contributed by atoms with van der Waals surface area (Å²) in [5, 5.41) is 11.4. The van der Waals surface area contributed by atoms with Crippen molar-refractivity contribution in [3.63, 3.8) is 0 Å². The van der Waals surface area contributed by atoms with Gasteiger partial charge in [-0.05, 0) is 84.6 Å². The number of halogens is 3. The van der Waals surface area contributed by atoms with E-state index in [9.17, 15) is 9.59 Å². The summed E-state index contributed by atoms with van der Waals surface area (Å²) in [6.07, 6.45) is 1.46. The summed E-state index contributed by atoms with van der Waals surface area (Å²) in [7, 11) is 1.54. The fourth-order valence-corrected chi connectivity index (χ4v) is 5.59. The van der Waals surface area contributed by atoms with Gasteiger partial charge in [-0.3, -0.25) is 4.79 Å². The molecule has 3 aromatic rings. The maximum Gasteiger partial charge on any atom is 0.338 e. The first-order chi connectivity index (χ1) is 21.6. The molecule has 14 heteroatoms. The van der Waals surface area contributed by atoms with Gasteiger partial charge in [0.1, 0.15) is 12.4 Å². The summed E-state index contributed by atoms with van der Waals surface area (Å²) in [4.78, 5) is 25.5. The molecule has 0 radical (unpaired) electrons. The second-order valence-corrected chi connectivity index (χ2v) is 11.9. The number of carbonyl (C=O) groups is 2. The Kier molecular flexibility index (Phi) is 12.3. The molecule has 1 atom stereocenters. The fraction of sp³-hybridized carbons (Fsp3) is 0.226. The maximum absolute atomic E-state index is 12.8. The van der Waals surface area contributed by atoms with Crippen LogP contribution in [0.4, 0.5) is 0 Å². The van der Waals surface area contributed by atoms with E-state index in [1.54, 1.807) is 50.2 Å². The number of ether oxygens (including phenoxy) is 4. The van der Waals surface area contributed by atoms with Crippen LogP contribution in [0.3, 0.4) is 0 Å². The van der Waals surface area contributed by atoms with Crippen LogP contribution in [0, 0.1) is 3.57 Å². The molecule has 0 unspecified atom stereocenters. The number of rotatable bonds is 12. The van der Waals surface area contributed by atoms with Gasteiger partial charge in [-0.1, -0.05) is 47.5 Å². The molecule has 45 heavy (non-hydrogen) atoms. The van der Waals surface area contributed by atoms with Crippen LogP contribution in [0.5, 0.6) is 17.2 Å². The first-order valence-corrected chi connectivity index (χ1v) is 15.8. The van der Waals surface area contributed by atoms with Gasteiger partial charge < -0.3 is 29.6 Å². The molecular weight excluding hydrogens is 754 g/mol. The number of esters is 1. The normalized spacial score (nSPS) is 14.4. The summed E-state index contributed by atoms with van der Waals surface area (Å²) >= 11 is 19.7. The van der Waals surface area contributed by atoms with Gasteiger partial charge in [0, 0.05) is 20.4 Å². The van der Waals surface area contributed by atoms with Crippen LogP contribution in [0.15, 0.2) is 71.0 Å². The van der Waals surface area contributed by atoms with Crippen LogP contribution in [0.25, 0.3) is 0 Å². The Morgan fingerprint density at radius 3 is 2.60 bits per heavy atom. The van der Waals surface area contributed by atoms with Crippen molar-refractivity contribution in [1.82, 2.24) is 16.1 Å². The summed E-state index contributed by atoms with van der Waals surface area (Å²) in [6, 6.07) is 15.3. The lowest BCUT2D eigenvalue weighted by Crippen LogP contribution is -2.45. The van der Waals surface area contributed by atoms with E-state index in [1.165, 1.54) is 13.3 Å². The quantitative estimate of drug-likeness (QED) is 0.0662. The number of nitrogens with one attached hydrogen (secondary N) is 3. The Morgan fingerprint density at radius 2 is 1.87 bits per heavy atom. The highest BCUT2D eigenvalue weighted by molar-refractivity contribution is 14.1. The number of para-hydroxylation sites is 1. The Balaban J connectivity index is 1.46. The minimum atomic E-state index is -0.645. The molecule has 0 aromatic heterocycles. The number of benzene rings is 3. The number of nitrogens with zero attached hydrogens (tertiary/aromatic N) is 1. The third kappa shape index (κ3) is 9.00. The number of methoxy groups -OCH3 is 1. The van der Waals surface area contributed by atoms with Gasteiger partial charge in [-0.2, -0.15) is 5.10 Å². The monoisotopic (exact) mass is 782 g/mol. The average Bonchev–Trinajstić information content (AvgIpc) is 3.00. The summed E-state index contributed by atoms with van der Waals surface area (Å²) < 4.78 is 23.6. The second kappa shape index (κ2) is 16.1. The van der Waals surface area contributed by atoms with Crippen molar-refractivity contribution < 1.29 is 28.5 Å². The third-order valence-corrected chi connectivity index (χ3v) is 7.96. The van der Waals surface area contributed by atoms with Crippen molar-refractivity contribution in [3.8, 4) is 17.2 Å². The Bertz CT molecular complexity index is 1670. The van der Waals surface area contributed by atoms with Crippen molar-refractivity contribution in [2.24, 2.45) is 5.10 Å². The highest BCUT2D eigenvalue weighted by Crippen LogP contribution is 2.35. The van der Waals surface area contributed by atoms with E-state index in [-0.39, 0.29) is 19.8 Å². The molecule has 3 N–H and O–H groups in total. The van der Waals surface area contributed by atoms with Crippen LogP contribution in [-0.4, -0.2) is 43.5 Å². The molecule has 0 saturated heterocycles. The summed E-state index contributed by atoms with van der Waals surface area (Å²) in [6.45, 7) is 3.53. The van der Waals surface area contributed by atoms with Gasteiger partial charge >= 0.3 is 5.97 Å². The Hall–Kier alpha value is -3.59. The molecular formula is C31H29Cl2IN4O6S. The molecule has 0 bridgehead atoms. The van der Waals surface area contributed by atoms with Gasteiger partial charge in [0.25, 0.3) is 5.91 Å². The molecule has 4 rings (SSSR count). The van der Waals surface area contributed by atoms with E-state index in [2.05, 4.69) is 43.8 Å². The largest absolute Gasteiger partial charge is 0.493 e. The van der Waals surface area contributed by atoms with Crippen molar-refractivity contribution >= 4 is 81.2 Å². The van der Waals surface area contributed by atoms with Crippen LogP contribution in [-0.2, 0) is 20.9 Å². The van der Waals surface area contributed by atoms with Crippen molar-refractivity contribution in [3.05, 3.63) is 96.2 Å². The van der Waals surface area contributed by atoms with Crippen molar-refractivity contribution in [1.29, 1.82) is 0 Å². The zero-order valence-electron chi connectivity index (χ0n) is 24.4. The Labute approximate surface area is 289 Å². The van der Waals surface area contributed by atoms with Gasteiger partial charge in [0.05, 0.1) is 41.6 Å². The number of hydrogen-bond donors (Lipinski definition) is 3. The van der Waals surface area contributed by atoms with Crippen LogP contribution in [0.1, 0.15) is 36.6 Å². The summed E-state index contributed by atoms with van der Waals surface area (Å²) in [5.74, 6) is 0.307.